The van der Waals surface area contributed by atoms with E-state index < -0.39 is 5.54 Å². The number of carbonyl (C=O) groups excluding carboxylic acids is 2. The molecule has 1 aromatic carbocycles. The number of hydrogen-bond donors (Lipinski definition) is 0. The number of hydrogen-bond acceptors (Lipinski definition) is 5. The maximum absolute atomic E-state index is 13.5. The monoisotopic (exact) mass is 386 g/mol. The van der Waals surface area contributed by atoms with Gasteiger partial charge in [-0.2, -0.15) is 0 Å². The molecule has 3 heterocycles. The van der Waals surface area contributed by atoms with Gasteiger partial charge in [0.1, 0.15) is 22.7 Å². The third-order valence-corrected chi connectivity index (χ3v) is 6.12. The second-order valence-corrected chi connectivity index (χ2v) is 7.73. The summed E-state index contributed by atoms with van der Waals surface area (Å²) >= 11 is 0. The highest BCUT2D eigenvalue weighted by atomic mass is 16.5. The molecule has 0 N–H and O–H groups in total. The minimum absolute atomic E-state index is 0.0253. The highest BCUT2D eigenvalue weighted by molar-refractivity contribution is 6.05. The van der Waals surface area contributed by atoms with Crippen LogP contribution >= 0.6 is 0 Å². The maximum atomic E-state index is 13.5. The predicted molar refractivity (Wildman–Crippen MR) is 104 cm³/mol. The van der Waals surface area contributed by atoms with E-state index in [4.69, 9.17) is 14.2 Å². The second kappa shape index (κ2) is 6.81. The van der Waals surface area contributed by atoms with Gasteiger partial charge >= 0.3 is 0 Å². The van der Waals surface area contributed by atoms with Crippen molar-refractivity contribution < 1.29 is 23.8 Å². The molecule has 0 bridgehead atoms. The zero-order valence-electron chi connectivity index (χ0n) is 16.8. The quantitative estimate of drug-likeness (QED) is 0.790. The van der Waals surface area contributed by atoms with Crippen LogP contribution < -0.4 is 9.47 Å². The average Bonchev–Trinajstić information content (AvgIpc) is 3.32. The summed E-state index contributed by atoms with van der Waals surface area (Å²) in [6.07, 6.45) is 1.86. The van der Waals surface area contributed by atoms with Crippen LogP contribution in [0.5, 0.6) is 11.5 Å². The molecule has 150 valence electrons. The van der Waals surface area contributed by atoms with Crippen LogP contribution in [0.3, 0.4) is 0 Å². The number of rotatable bonds is 5. The number of nitrogens with zero attached hydrogens (tertiary/aromatic N) is 2. The number of ether oxygens (including phenoxy) is 3. The van der Waals surface area contributed by atoms with Crippen LogP contribution in [-0.2, 0) is 16.1 Å². The molecule has 1 saturated heterocycles. The number of aromatic nitrogens is 1. The Morgan fingerprint density at radius 2 is 2.00 bits per heavy atom. The SMILES string of the molecule is COc1ccc(OC)c2c1cc1n2CC(C)(C(C)=O)N(CC2CCCO2)C1=O. The van der Waals surface area contributed by atoms with Crippen LogP contribution in [0.25, 0.3) is 10.9 Å². The molecule has 2 aliphatic rings. The summed E-state index contributed by atoms with van der Waals surface area (Å²) in [7, 11) is 3.20. The molecule has 2 unspecified atom stereocenters. The molecule has 2 atom stereocenters. The van der Waals surface area contributed by atoms with E-state index in [1.165, 1.54) is 0 Å². The molecule has 1 amide bonds. The highest BCUT2D eigenvalue weighted by Gasteiger charge is 2.47. The van der Waals surface area contributed by atoms with Gasteiger partial charge in [0.25, 0.3) is 5.91 Å². The van der Waals surface area contributed by atoms with Gasteiger partial charge < -0.3 is 23.7 Å². The molecule has 0 radical (unpaired) electrons. The Morgan fingerprint density at radius 1 is 1.29 bits per heavy atom. The van der Waals surface area contributed by atoms with Gasteiger partial charge in [-0.15, -0.1) is 0 Å². The van der Waals surface area contributed by atoms with Gasteiger partial charge in [-0.3, -0.25) is 9.59 Å². The van der Waals surface area contributed by atoms with Crippen molar-refractivity contribution in [1.82, 2.24) is 9.47 Å². The first-order valence-corrected chi connectivity index (χ1v) is 9.59. The first kappa shape index (κ1) is 18.8. The smallest absolute Gasteiger partial charge is 0.271 e. The number of methoxy groups -OCH3 is 2. The van der Waals surface area contributed by atoms with Crippen molar-refractivity contribution in [1.29, 1.82) is 0 Å². The van der Waals surface area contributed by atoms with Gasteiger partial charge in [-0.05, 0) is 44.9 Å². The van der Waals surface area contributed by atoms with Crippen molar-refractivity contribution in [3.05, 3.63) is 23.9 Å². The Hall–Kier alpha value is -2.54. The molecule has 0 saturated carbocycles. The van der Waals surface area contributed by atoms with E-state index in [1.807, 2.05) is 29.7 Å². The summed E-state index contributed by atoms with van der Waals surface area (Å²) < 4.78 is 18.7. The standard InChI is InChI=1S/C21H26N2O5/c1-13(24)21(2)12-22-16(20(25)23(21)11-14-6-5-9-28-14)10-15-17(26-3)7-8-18(27-4)19(15)22/h7-8,10,14H,5-6,9,11-12H2,1-4H3. The van der Waals surface area contributed by atoms with E-state index in [0.717, 1.165) is 23.7 Å². The lowest BCUT2D eigenvalue weighted by Gasteiger charge is -2.44. The first-order chi connectivity index (χ1) is 13.4. The molecule has 2 aromatic rings. The predicted octanol–water partition coefficient (Wildman–Crippen LogP) is 2.64. The molecular formula is C21H26N2O5. The van der Waals surface area contributed by atoms with E-state index in [-0.39, 0.29) is 17.8 Å². The Morgan fingerprint density at radius 3 is 2.61 bits per heavy atom. The van der Waals surface area contributed by atoms with Crippen LogP contribution in [0.2, 0.25) is 0 Å². The average molecular weight is 386 g/mol. The summed E-state index contributed by atoms with van der Waals surface area (Å²) in [4.78, 5) is 27.9. The molecule has 0 spiro atoms. The van der Waals surface area contributed by atoms with Crippen LogP contribution in [0, 0.1) is 0 Å². The fraction of sp³-hybridized carbons (Fsp3) is 0.524. The van der Waals surface area contributed by atoms with Gasteiger partial charge in [0.2, 0.25) is 0 Å². The lowest BCUT2D eigenvalue weighted by Crippen LogP contribution is -2.61. The van der Waals surface area contributed by atoms with Gasteiger partial charge in [-0.25, -0.2) is 0 Å². The summed E-state index contributed by atoms with van der Waals surface area (Å²) in [6, 6.07) is 5.48. The molecule has 28 heavy (non-hydrogen) atoms. The Labute approximate surface area is 164 Å². The highest BCUT2D eigenvalue weighted by Crippen LogP contribution is 2.40. The molecule has 1 aromatic heterocycles. The van der Waals surface area contributed by atoms with Crippen molar-refractivity contribution in [3.63, 3.8) is 0 Å². The van der Waals surface area contributed by atoms with Crippen molar-refractivity contribution in [2.24, 2.45) is 0 Å². The molecular weight excluding hydrogens is 360 g/mol. The number of Topliss-reactive ketones (excluding diaryl/α,β-unsaturated/α-hetero) is 1. The van der Waals surface area contributed by atoms with Crippen molar-refractivity contribution >= 4 is 22.6 Å². The van der Waals surface area contributed by atoms with Gasteiger partial charge in [0.05, 0.1) is 32.4 Å². The zero-order chi connectivity index (χ0) is 20.1. The fourth-order valence-electron chi connectivity index (χ4n) is 4.34. The molecule has 1 fully saturated rings. The molecule has 7 nitrogen and oxygen atoms in total. The van der Waals surface area contributed by atoms with Gasteiger partial charge in [0.15, 0.2) is 5.78 Å². The number of fused-ring (bicyclic) bond motifs is 3. The number of amides is 1. The van der Waals surface area contributed by atoms with Crippen molar-refractivity contribution in [2.75, 3.05) is 27.4 Å². The van der Waals surface area contributed by atoms with Crippen LogP contribution in [-0.4, -0.2) is 60.2 Å². The summed E-state index contributed by atoms with van der Waals surface area (Å²) in [5, 5.41) is 0.801. The van der Waals surface area contributed by atoms with Crippen molar-refractivity contribution in [3.8, 4) is 11.5 Å². The van der Waals surface area contributed by atoms with E-state index in [9.17, 15) is 9.59 Å². The Bertz CT molecular complexity index is 944. The lowest BCUT2D eigenvalue weighted by molar-refractivity contribution is -0.129. The topological polar surface area (TPSA) is 70.0 Å². The normalized spacial score (nSPS) is 24.5. The summed E-state index contributed by atoms with van der Waals surface area (Å²) in [5.41, 5.74) is 0.361. The van der Waals surface area contributed by atoms with Crippen LogP contribution in [0.4, 0.5) is 0 Å². The van der Waals surface area contributed by atoms with Crippen molar-refractivity contribution in [2.45, 2.75) is 44.9 Å². The minimum atomic E-state index is -0.948. The third-order valence-electron chi connectivity index (χ3n) is 6.12. The number of benzene rings is 1. The fourth-order valence-corrected chi connectivity index (χ4v) is 4.34. The van der Waals surface area contributed by atoms with Gasteiger partial charge in [-0.1, -0.05) is 0 Å². The van der Waals surface area contributed by atoms with Crippen LogP contribution in [0.1, 0.15) is 37.2 Å². The zero-order valence-corrected chi connectivity index (χ0v) is 16.8. The molecule has 4 rings (SSSR count). The molecule has 0 aliphatic carbocycles. The molecule has 2 aliphatic heterocycles. The maximum Gasteiger partial charge on any atom is 0.271 e. The largest absolute Gasteiger partial charge is 0.496 e. The number of ketones is 1. The molecule has 7 heteroatoms. The van der Waals surface area contributed by atoms with Gasteiger partial charge in [0, 0.05) is 18.5 Å². The van der Waals surface area contributed by atoms with E-state index >= 15 is 0 Å². The Kier molecular flexibility index (Phi) is 4.57. The van der Waals surface area contributed by atoms with E-state index in [0.29, 0.717) is 36.9 Å². The summed E-state index contributed by atoms with van der Waals surface area (Å²) in [5.74, 6) is 1.10. The first-order valence-electron chi connectivity index (χ1n) is 9.59. The Balaban J connectivity index is 1.88. The third kappa shape index (κ3) is 2.68. The number of carbonyl (C=O) groups is 2. The second-order valence-electron chi connectivity index (χ2n) is 7.73. The van der Waals surface area contributed by atoms with E-state index in [1.54, 1.807) is 26.0 Å². The van der Waals surface area contributed by atoms with E-state index in [2.05, 4.69) is 0 Å². The lowest BCUT2D eigenvalue weighted by atomic mass is 9.91. The minimum Gasteiger partial charge on any atom is -0.496 e. The van der Waals surface area contributed by atoms with Crippen LogP contribution in [0.15, 0.2) is 18.2 Å². The summed E-state index contributed by atoms with van der Waals surface area (Å²) in [6.45, 7) is 4.87.